The Kier molecular flexibility index (Phi) is 1.48. The Morgan fingerprint density at radius 2 is 2.00 bits per heavy atom. The van der Waals surface area contributed by atoms with Crippen LogP contribution in [0.3, 0.4) is 0 Å². The van der Waals surface area contributed by atoms with Crippen LogP contribution in [0.2, 0.25) is 0 Å². The number of rotatable bonds is 3. The average Bonchev–Trinajstić information content (AvgIpc) is 2.86. The van der Waals surface area contributed by atoms with E-state index in [1.165, 1.54) is 12.8 Å². The van der Waals surface area contributed by atoms with Crippen LogP contribution in [0, 0.1) is 5.92 Å². The molecule has 0 N–H and O–H groups in total. The highest BCUT2D eigenvalue weighted by molar-refractivity contribution is 5.82. The number of hydrogen-bond donors (Lipinski definition) is 0. The molecule has 0 aromatic rings. The van der Waals surface area contributed by atoms with Gasteiger partial charge in [0.15, 0.2) is 0 Å². The van der Waals surface area contributed by atoms with E-state index in [0.717, 1.165) is 12.8 Å². The largest absolute Gasteiger partial charge is 0.316 e. The topological polar surface area (TPSA) is 20.3 Å². The Morgan fingerprint density at radius 1 is 1.36 bits per heavy atom. The van der Waals surface area contributed by atoms with E-state index < -0.39 is 0 Å². The Morgan fingerprint density at radius 3 is 2.36 bits per heavy atom. The van der Waals surface area contributed by atoms with E-state index in [1.54, 1.807) is 6.20 Å². The second kappa shape index (κ2) is 2.36. The number of nitrogens with zero attached hydrogens (tertiary/aromatic N) is 1. The van der Waals surface area contributed by atoms with Gasteiger partial charge in [-0.15, -0.1) is 0 Å². The van der Waals surface area contributed by atoms with Crippen molar-refractivity contribution in [2.24, 2.45) is 5.92 Å². The van der Waals surface area contributed by atoms with Gasteiger partial charge in [-0.25, -0.2) is 0 Å². The molecule has 60 valence electrons. The van der Waals surface area contributed by atoms with Gasteiger partial charge in [0.05, 0.1) is 0 Å². The fourth-order valence-corrected chi connectivity index (χ4v) is 1.31. The van der Waals surface area contributed by atoms with Gasteiger partial charge in [0, 0.05) is 12.0 Å². The lowest BCUT2D eigenvalue weighted by Crippen LogP contribution is -2.28. The Hall–Kier alpha value is -0.790. The maximum Gasteiger partial charge on any atom is 0.229 e. The van der Waals surface area contributed by atoms with Crippen LogP contribution in [-0.4, -0.2) is 16.8 Å². The van der Waals surface area contributed by atoms with Crippen molar-refractivity contribution in [2.45, 2.75) is 31.7 Å². The molecule has 0 aliphatic heterocycles. The van der Waals surface area contributed by atoms with Crippen LogP contribution in [-0.2, 0) is 4.79 Å². The van der Waals surface area contributed by atoms with Crippen molar-refractivity contribution in [3.8, 4) is 0 Å². The molecule has 0 unspecified atom stereocenters. The first-order valence-corrected chi connectivity index (χ1v) is 4.27. The summed E-state index contributed by atoms with van der Waals surface area (Å²) in [4.78, 5) is 13.3. The molecule has 2 nitrogen and oxygen atoms in total. The molecule has 0 spiro atoms. The fourth-order valence-electron chi connectivity index (χ4n) is 1.31. The monoisotopic (exact) mass is 151 g/mol. The molecule has 11 heavy (non-hydrogen) atoms. The van der Waals surface area contributed by atoms with E-state index in [2.05, 4.69) is 6.58 Å². The summed E-state index contributed by atoms with van der Waals surface area (Å²) in [7, 11) is 0. The van der Waals surface area contributed by atoms with Crippen LogP contribution in [0.25, 0.3) is 0 Å². The van der Waals surface area contributed by atoms with Gasteiger partial charge >= 0.3 is 0 Å². The van der Waals surface area contributed by atoms with Gasteiger partial charge in [-0.05, 0) is 31.9 Å². The zero-order chi connectivity index (χ0) is 7.84. The van der Waals surface area contributed by atoms with Crippen LogP contribution in [0.4, 0.5) is 0 Å². The number of hydrogen-bond acceptors (Lipinski definition) is 1. The summed E-state index contributed by atoms with van der Waals surface area (Å²) in [5.74, 6) is 0.649. The van der Waals surface area contributed by atoms with Crippen molar-refractivity contribution in [1.82, 2.24) is 4.90 Å². The van der Waals surface area contributed by atoms with Crippen molar-refractivity contribution in [2.75, 3.05) is 0 Å². The van der Waals surface area contributed by atoms with Crippen molar-refractivity contribution in [3.05, 3.63) is 12.8 Å². The number of amides is 1. The normalized spacial score (nSPS) is 22.9. The molecular formula is C9H13NO. The number of carbonyl (C=O) groups is 1. The average molecular weight is 151 g/mol. The van der Waals surface area contributed by atoms with Crippen molar-refractivity contribution < 1.29 is 4.79 Å². The lowest BCUT2D eigenvalue weighted by Gasteiger charge is -2.16. The molecule has 0 aromatic heterocycles. The number of carbonyl (C=O) groups excluding carboxylic acids is 1. The van der Waals surface area contributed by atoms with Gasteiger partial charge in [0.1, 0.15) is 0 Å². The van der Waals surface area contributed by atoms with E-state index in [0.29, 0.717) is 17.9 Å². The second-order valence-corrected chi connectivity index (χ2v) is 3.43. The maximum absolute atomic E-state index is 11.5. The van der Waals surface area contributed by atoms with Crippen LogP contribution in [0.15, 0.2) is 12.8 Å². The van der Waals surface area contributed by atoms with Gasteiger partial charge in [-0.1, -0.05) is 6.58 Å². The molecule has 0 heterocycles. The Labute approximate surface area is 66.9 Å². The van der Waals surface area contributed by atoms with E-state index in [-0.39, 0.29) is 0 Å². The minimum Gasteiger partial charge on any atom is -0.316 e. The van der Waals surface area contributed by atoms with Gasteiger partial charge in [-0.2, -0.15) is 0 Å². The van der Waals surface area contributed by atoms with Gasteiger partial charge in [0.2, 0.25) is 5.91 Å². The van der Waals surface area contributed by atoms with Gasteiger partial charge in [0.25, 0.3) is 0 Å². The molecule has 0 bridgehead atoms. The highest BCUT2D eigenvalue weighted by Gasteiger charge is 2.38. The van der Waals surface area contributed by atoms with E-state index in [1.807, 2.05) is 4.90 Å². The van der Waals surface area contributed by atoms with Gasteiger partial charge < -0.3 is 4.90 Å². The molecule has 2 fully saturated rings. The predicted octanol–water partition coefficient (Wildman–Crippen LogP) is 1.53. The molecule has 0 atom stereocenters. The molecule has 2 heteroatoms. The first-order chi connectivity index (χ1) is 5.33. The molecule has 2 aliphatic carbocycles. The van der Waals surface area contributed by atoms with Gasteiger partial charge in [-0.3, -0.25) is 4.79 Å². The first-order valence-electron chi connectivity index (χ1n) is 4.27. The SMILES string of the molecule is C=CN(C(=O)C1CC1)C1CC1. The molecule has 0 radical (unpaired) electrons. The van der Waals surface area contributed by atoms with Crippen molar-refractivity contribution >= 4 is 5.91 Å². The molecule has 2 saturated carbocycles. The third kappa shape index (κ3) is 1.30. The van der Waals surface area contributed by atoms with Crippen LogP contribution < -0.4 is 0 Å². The zero-order valence-electron chi connectivity index (χ0n) is 6.62. The molecule has 2 aliphatic rings. The standard InChI is InChI=1S/C9H13NO/c1-2-10(8-5-6-8)9(11)7-3-4-7/h2,7-8H,1,3-6H2. The Balaban J connectivity index is 1.97. The fraction of sp³-hybridized carbons (Fsp3) is 0.667. The lowest BCUT2D eigenvalue weighted by atomic mass is 10.3. The van der Waals surface area contributed by atoms with E-state index in [4.69, 9.17) is 0 Å². The van der Waals surface area contributed by atoms with Crippen molar-refractivity contribution in [1.29, 1.82) is 0 Å². The maximum atomic E-state index is 11.5. The molecule has 1 amide bonds. The van der Waals surface area contributed by atoms with Crippen LogP contribution >= 0.6 is 0 Å². The molecule has 2 rings (SSSR count). The summed E-state index contributed by atoms with van der Waals surface area (Å²) in [5.41, 5.74) is 0. The summed E-state index contributed by atoms with van der Waals surface area (Å²) in [6, 6.07) is 0.501. The minimum absolute atomic E-state index is 0.308. The Bertz CT molecular complexity index is 192. The van der Waals surface area contributed by atoms with E-state index >= 15 is 0 Å². The smallest absolute Gasteiger partial charge is 0.229 e. The zero-order valence-corrected chi connectivity index (χ0v) is 6.62. The molecule has 0 aromatic carbocycles. The minimum atomic E-state index is 0.308. The van der Waals surface area contributed by atoms with Crippen LogP contribution in [0.1, 0.15) is 25.7 Å². The van der Waals surface area contributed by atoms with E-state index in [9.17, 15) is 4.79 Å². The summed E-state index contributed by atoms with van der Waals surface area (Å²) in [6.07, 6.45) is 6.22. The third-order valence-electron chi connectivity index (χ3n) is 2.32. The van der Waals surface area contributed by atoms with Crippen molar-refractivity contribution in [3.63, 3.8) is 0 Å². The first kappa shape index (κ1) is 6.89. The summed E-state index contributed by atoms with van der Waals surface area (Å²) in [6.45, 7) is 3.66. The van der Waals surface area contributed by atoms with Crippen LogP contribution in [0.5, 0.6) is 0 Å². The lowest BCUT2D eigenvalue weighted by molar-refractivity contribution is -0.130. The predicted molar refractivity (Wildman–Crippen MR) is 42.8 cm³/mol. The summed E-state index contributed by atoms with van der Waals surface area (Å²) in [5, 5.41) is 0. The summed E-state index contributed by atoms with van der Waals surface area (Å²) < 4.78 is 0. The highest BCUT2D eigenvalue weighted by Crippen LogP contribution is 2.35. The molecular weight excluding hydrogens is 138 g/mol. The highest BCUT2D eigenvalue weighted by atomic mass is 16.2. The summed E-state index contributed by atoms with van der Waals surface area (Å²) >= 11 is 0. The quantitative estimate of drug-likeness (QED) is 0.599. The molecule has 0 saturated heterocycles. The third-order valence-corrected chi connectivity index (χ3v) is 2.32. The second-order valence-electron chi connectivity index (χ2n) is 3.43.